The lowest BCUT2D eigenvalue weighted by Gasteiger charge is -2.55. The van der Waals surface area contributed by atoms with Crippen molar-refractivity contribution in [2.75, 3.05) is 44.2 Å². The number of ether oxygens (including phenoxy) is 1. The second-order valence-electron chi connectivity index (χ2n) is 13.8. The molecule has 1 saturated carbocycles. The van der Waals surface area contributed by atoms with Gasteiger partial charge >= 0.3 is 0 Å². The molecule has 0 bridgehead atoms. The van der Waals surface area contributed by atoms with E-state index in [1.807, 2.05) is 20.8 Å². The van der Waals surface area contributed by atoms with Gasteiger partial charge in [-0.05, 0) is 96.5 Å². The van der Waals surface area contributed by atoms with Crippen LogP contribution in [0.25, 0.3) is 0 Å². The number of nitrogens with zero attached hydrogens (tertiary/aromatic N) is 5. The predicted octanol–water partition coefficient (Wildman–Crippen LogP) is 5.19. The number of aromatic nitrogens is 2. The van der Waals surface area contributed by atoms with Gasteiger partial charge in [0.05, 0.1) is 11.8 Å². The van der Waals surface area contributed by atoms with Crippen LogP contribution in [0.2, 0.25) is 0 Å². The van der Waals surface area contributed by atoms with Crippen LogP contribution in [0.1, 0.15) is 76.1 Å². The first-order chi connectivity index (χ1) is 21.1. The molecule has 6 rings (SSSR count). The number of halogens is 1. The van der Waals surface area contributed by atoms with Crippen molar-refractivity contribution in [1.29, 1.82) is 0 Å². The number of nitrogens with one attached hydrogen (secondary N) is 1. The van der Waals surface area contributed by atoms with Crippen LogP contribution < -0.4 is 15.0 Å². The molecule has 2 spiro atoms. The SMILES string of the molecule is C=C1CC2(CCC(CN3CCC4(CC3)CN(c3ncncc3Oc3ccc(F)cc3C(=O)N(CC)C(C)C)C4)CC2)NC1=O. The summed E-state index contributed by atoms with van der Waals surface area (Å²) in [5.74, 6) is 1.43. The number of carbonyl (C=O) groups excluding carboxylic acids is 2. The highest BCUT2D eigenvalue weighted by Crippen LogP contribution is 2.46. The molecule has 1 aromatic carbocycles. The topological polar surface area (TPSA) is 90.9 Å². The van der Waals surface area contributed by atoms with E-state index >= 15 is 0 Å². The van der Waals surface area contributed by atoms with Gasteiger partial charge in [0, 0.05) is 55.2 Å². The van der Waals surface area contributed by atoms with Crippen LogP contribution in [0.3, 0.4) is 0 Å². The Hall–Kier alpha value is -3.53. The molecular formula is C34H45FN6O3. The molecule has 2 amide bonds. The summed E-state index contributed by atoms with van der Waals surface area (Å²) in [7, 11) is 0. The fourth-order valence-electron chi connectivity index (χ4n) is 7.78. The molecule has 0 radical (unpaired) electrons. The van der Waals surface area contributed by atoms with Crippen LogP contribution in [0.5, 0.6) is 11.5 Å². The zero-order chi connectivity index (χ0) is 31.1. The maximum absolute atomic E-state index is 14.3. The number of amides is 2. The molecule has 2 aromatic rings. The standard InChI is InChI=1S/C34H45FN6O3/c1-5-41(23(2)3)32(43)27-16-26(35)6-7-28(27)44-29-18-36-22-37-30(29)40-20-33(21-40)12-14-39(15-13-33)19-25-8-10-34(11-9-25)17-24(4)31(42)38-34/h6-7,16,18,22-23,25H,4-5,8-15,17,19-21H2,1-3H3,(H,38,42). The second-order valence-corrected chi connectivity index (χ2v) is 13.8. The highest BCUT2D eigenvalue weighted by molar-refractivity contribution is 5.97. The Morgan fingerprint density at radius 1 is 1.18 bits per heavy atom. The summed E-state index contributed by atoms with van der Waals surface area (Å²) in [4.78, 5) is 40.6. The smallest absolute Gasteiger partial charge is 0.257 e. The molecule has 10 heteroatoms. The zero-order valence-electron chi connectivity index (χ0n) is 26.3. The Bertz CT molecular complexity index is 1390. The lowest BCUT2D eigenvalue weighted by atomic mass is 9.71. The van der Waals surface area contributed by atoms with Crippen LogP contribution in [-0.2, 0) is 4.79 Å². The van der Waals surface area contributed by atoms with Crippen LogP contribution in [0, 0.1) is 17.2 Å². The van der Waals surface area contributed by atoms with E-state index in [0.29, 0.717) is 29.8 Å². The average Bonchev–Trinajstić information content (AvgIpc) is 3.27. The van der Waals surface area contributed by atoms with E-state index in [0.717, 1.165) is 83.2 Å². The maximum atomic E-state index is 14.3. The number of benzene rings is 1. The summed E-state index contributed by atoms with van der Waals surface area (Å²) in [5, 5.41) is 3.22. The van der Waals surface area contributed by atoms with Gasteiger partial charge in [0.15, 0.2) is 11.6 Å². The lowest BCUT2D eigenvalue weighted by molar-refractivity contribution is -0.117. The van der Waals surface area contributed by atoms with Crippen LogP contribution in [-0.4, -0.2) is 82.4 Å². The summed E-state index contributed by atoms with van der Waals surface area (Å²) >= 11 is 0. The van der Waals surface area contributed by atoms with Gasteiger partial charge in [-0.15, -0.1) is 0 Å². The van der Waals surface area contributed by atoms with Crippen molar-refractivity contribution in [1.82, 2.24) is 25.1 Å². The monoisotopic (exact) mass is 604 g/mol. The van der Waals surface area contributed by atoms with E-state index in [-0.39, 0.29) is 34.4 Å². The third-order valence-corrected chi connectivity index (χ3v) is 10.4. The number of hydrogen-bond donors (Lipinski definition) is 1. The second kappa shape index (κ2) is 12.1. The number of hydrogen-bond acceptors (Lipinski definition) is 7. The van der Waals surface area contributed by atoms with Gasteiger partial charge in [0.25, 0.3) is 5.91 Å². The van der Waals surface area contributed by atoms with Crippen LogP contribution >= 0.6 is 0 Å². The molecule has 4 aliphatic rings. The zero-order valence-corrected chi connectivity index (χ0v) is 26.3. The van der Waals surface area contributed by atoms with Gasteiger partial charge in [0.2, 0.25) is 5.91 Å². The van der Waals surface area contributed by atoms with E-state index in [1.165, 1.54) is 24.5 Å². The fraction of sp³-hybridized carbons (Fsp3) is 0.588. The summed E-state index contributed by atoms with van der Waals surface area (Å²) in [6, 6.07) is 4.03. The molecule has 3 saturated heterocycles. The quantitative estimate of drug-likeness (QED) is 0.415. The highest BCUT2D eigenvalue weighted by atomic mass is 19.1. The molecule has 236 valence electrons. The first kappa shape index (κ1) is 30.5. The van der Waals surface area contributed by atoms with Crippen molar-refractivity contribution in [3.8, 4) is 11.5 Å². The molecule has 1 aromatic heterocycles. The molecule has 44 heavy (non-hydrogen) atoms. The number of anilines is 1. The van der Waals surface area contributed by atoms with E-state index < -0.39 is 5.82 Å². The summed E-state index contributed by atoms with van der Waals surface area (Å²) < 4.78 is 20.5. The predicted molar refractivity (Wildman–Crippen MR) is 167 cm³/mol. The van der Waals surface area contributed by atoms with Gasteiger partial charge in [-0.25, -0.2) is 14.4 Å². The number of likely N-dealkylation sites (tertiary alicyclic amines) is 1. The Morgan fingerprint density at radius 3 is 2.55 bits per heavy atom. The Labute approximate surface area is 259 Å². The number of piperidine rings is 1. The molecule has 3 aliphatic heterocycles. The summed E-state index contributed by atoms with van der Waals surface area (Å²) in [6.45, 7) is 15.4. The molecule has 4 fully saturated rings. The molecule has 0 atom stereocenters. The van der Waals surface area contributed by atoms with Crippen molar-refractivity contribution >= 4 is 17.6 Å². The third kappa shape index (κ3) is 6.05. The molecule has 1 aliphatic carbocycles. The van der Waals surface area contributed by atoms with Crippen molar-refractivity contribution in [2.45, 2.75) is 77.3 Å². The molecular weight excluding hydrogens is 559 g/mol. The van der Waals surface area contributed by atoms with Gasteiger partial charge in [-0.2, -0.15) is 0 Å². The van der Waals surface area contributed by atoms with Gasteiger partial charge in [0.1, 0.15) is 17.9 Å². The Morgan fingerprint density at radius 2 is 1.91 bits per heavy atom. The van der Waals surface area contributed by atoms with Crippen molar-refractivity contribution in [3.63, 3.8) is 0 Å². The summed E-state index contributed by atoms with van der Waals surface area (Å²) in [5.41, 5.74) is 1.15. The molecule has 0 unspecified atom stereocenters. The summed E-state index contributed by atoms with van der Waals surface area (Å²) in [6.07, 6.45) is 10.7. The lowest BCUT2D eigenvalue weighted by Crippen LogP contribution is -2.61. The molecule has 9 nitrogen and oxygen atoms in total. The Balaban J connectivity index is 1.04. The van der Waals surface area contributed by atoms with E-state index in [4.69, 9.17) is 4.74 Å². The van der Waals surface area contributed by atoms with Crippen molar-refractivity contribution in [2.24, 2.45) is 11.3 Å². The highest BCUT2D eigenvalue weighted by Gasteiger charge is 2.47. The van der Waals surface area contributed by atoms with Crippen molar-refractivity contribution < 1.29 is 18.7 Å². The molecule has 4 heterocycles. The minimum absolute atomic E-state index is 0.0280. The fourth-order valence-corrected chi connectivity index (χ4v) is 7.78. The van der Waals surface area contributed by atoms with Crippen LogP contribution in [0.15, 0.2) is 42.9 Å². The first-order valence-corrected chi connectivity index (χ1v) is 16.2. The third-order valence-electron chi connectivity index (χ3n) is 10.4. The maximum Gasteiger partial charge on any atom is 0.257 e. The number of carbonyl (C=O) groups is 2. The largest absolute Gasteiger partial charge is 0.451 e. The van der Waals surface area contributed by atoms with Gasteiger partial charge in [-0.1, -0.05) is 6.58 Å². The Kier molecular flexibility index (Phi) is 8.39. The van der Waals surface area contributed by atoms with Crippen molar-refractivity contribution in [3.05, 3.63) is 54.3 Å². The van der Waals surface area contributed by atoms with E-state index in [2.05, 4.69) is 31.7 Å². The number of rotatable bonds is 8. The first-order valence-electron chi connectivity index (χ1n) is 16.2. The van der Waals surface area contributed by atoms with Gasteiger partial charge < -0.3 is 24.8 Å². The van der Waals surface area contributed by atoms with Crippen LogP contribution in [0.4, 0.5) is 10.2 Å². The minimum atomic E-state index is -0.484. The van der Waals surface area contributed by atoms with E-state index in [9.17, 15) is 14.0 Å². The minimum Gasteiger partial charge on any atom is -0.451 e. The van der Waals surface area contributed by atoms with Gasteiger partial charge in [-0.3, -0.25) is 9.59 Å². The normalized spacial score (nSPS) is 24.9. The molecule has 1 N–H and O–H groups in total. The van der Waals surface area contributed by atoms with E-state index in [1.54, 1.807) is 11.1 Å². The average molecular weight is 605 g/mol.